The smallest absolute Gasteiger partial charge is 0.262 e. The van der Waals surface area contributed by atoms with Gasteiger partial charge < -0.3 is 5.11 Å². The third kappa shape index (κ3) is 3.39. The molecule has 21 heavy (non-hydrogen) atoms. The summed E-state index contributed by atoms with van der Waals surface area (Å²) < 4.78 is 53.8. The molecule has 8 heteroatoms. The predicted molar refractivity (Wildman–Crippen MR) is 77.2 cm³/mol. The summed E-state index contributed by atoms with van der Waals surface area (Å²) in [5, 5.41) is 9.15. The van der Waals surface area contributed by atoms with Crippen LogP contribution >= 0.6 is 15.9 Å². The number of nitrogens with one attached hydrogen (secondary N) is 1. The summed E-state index contributed by atoms with van der Waals surface area (Å²) in [6, 6.07) is 7.52. The minimum absolute atomic E-state index is 0.128. The lowest BCUT2D eigenvalue weighted by atomic mass is 10.2. The van der Waals surface area contributed by atoms with E-state index >= 15 is 0 Å². The van der Waals surface area contributed by atoms with Crippen molar-refractivity contribution < 1.29 is 22.3 Å². The Kier molecular flexibility index (Phi) is 4.60. The largest absolute Gasteiger partial charge is 0.392 e. The number of rotatable bonds is 4. The SMILES string of the molecule is O=S(=O)(Nc1c(F)cc(Br)cc1F)c1ccccc1CO. The van der Waals surface area contributed by atoms with Crippen molar-refractivity contribution in [1.82, 2.24) is 0 Å². The van der Waals surface area contributed by atoms with Crippen LogP contribution in [-0.4, -0.2) is 13.5 Å². The molecule has 0 heterocycles. The van der Waals surface area contributed by atoms with Crippen molar-refractivity contribution in [2.24, 2.45) is 0 Å². The maximum absolute atomic E-state index is 13.7. The first-order chi connectivity index (χ1) is 9.85. The first kappa shape index (κ1) is 15.9. The van der Waals surface area contributed by atoms with Crippen LogP contribution in [0.4, 0.5) is 14.5 Å². The number of anilines is 1. The molecule has 2 aromatic rings. The molecule has 0 aromatic heterocycles. The summed E-state index contributed by atoms with van der Waals surface area (Å²) in [6.07, 6.45) is 0. The lowest BCUT2D eigenvalue weighted by Crippen LogP contribution is -2.17. The number of hydrogen-bond acceptors (Lipinski definition) is 3. The number of halogens is 3. The Hall–Kier alpha value is -1.51. The molecule has 0 aliphatic carbocycles. The highest BCUT2D eigenvalue weighted by Gasteiger charge is 2.22. The second-order valence-corrected chi connectivity index (χ2v) is 6.68. The molecule has 2 N–H and O–H groups in total. The summed E-state index contributed by atoms with van der Waals surface area (Å²) in [6.45, 7) is -0.512. The zero-order chi connectivity index (χ0) is 15.6. The third-order valence-electron chi connectivity index (χ3n) is 2.68. The summed E-state index contributed by atoms with van der Waals surface area (Å²) in [5.41, 5.74) is -0.645. The van der Waals surface area contributed by atoms with E-state index < -0.39 is 34.0 Å². The van der Waals surface area contributed by atoms with Crippen LogP contribution in [0.5, 0.6) is 0 Å². The van der Waals surface area contributed by atoms with Gasteiger partial charge in [-0.1, -0.05) is 34.1 Å². The van der Waals surface area contributed by atoms with Gasteiger partial charge in [-0.3, -0.25) is 4.72 Å². The lowest BCUT2D eigenvalue weighted by Gasteiger charge is -2.12. The van der Waals surface area contributed by atoms with E-state index in [2.05, 4.69) is 15.9 Å². The fourth-order valence-corrected chi connectivity index (χ4v) is 3.44. The molecule has 0 saturated heterocycles. The number of sulfonamides is 1. The van der Waals surface area contributed by atoms with Gasteiger partial charge in [0, 0.05) is 4.47 Å². The van der Waals surface area contributed by atoms with Crippen LogP contribution in [0.25, 0.3) is 0 Å². The Morgan fingerprint density at radius 2 is 1.71 bits per heavy atom. The van der Waals surface area contributed by atoms with Gasteiger partial charge in [-0.25, -0.2) is 17.2 Å². The summed E-state index contributed by atoms with van der Waals surface area (Å²) in [4.78, 5) is -0.241. The zero-order valence-corrected chi connectivity index (χ0v) is 12.9. The van der Waals surface area contributed by atoms with Crippen LogP contribution in [0.2, 0.25) is 0 Å². The van der Waals surface area contributed by atoms with E-state index in [0.29, 0.717) is 0 Å². The summed E-state index contributed by atoms with van der Waals surface area (Å²) >= 11 is 2.90. The third-order valence-corrected chi connectivity index (χ3v) is 4.58. The molecular weight excluding hydrogens is 368 g/mol. The first-order valence-electron chi connectivity index (χ1n) is 5.71. The summed E-state index contributed by atoms with van der Waals surface area (Å²) in [7, 11) is -4.22. The highest BCUT2D eigenvalue weighted by molar-refractivity contribution is 9.10. The van der Waals surface area contributed by atoms with E-state index in [0.717, 1.165) is 12.1 Å². The van der Waals surface area contributed by atoms with E-state index in [1.54, 1.807) is 6.07 Å². The van der Waals surface area contributed by atoms with Crippen LogP contribution < -0.4 is 4.72 Å². The van der Waals surface area contributed by atoms with E-state index in [4.69, 9.17) is 5.11 Å². The Bertz CT molecular complexity index is 758. The van der Waals surface area contributed by atoms with Crippen molar-refractivity contribution in [3.8, 4) is 0 Å². The van der Waals surface area contributed by atoms with Crippen molar-refractivity contribution in [3.63, 3.8) is 0 Å². The molecule has 2 aromatic carbocycles. The van der Waals surface area contributed by atoms with Crippen molar-refractivity contribution in [2.75, 3.05) is 4.72 Å². The topological polar surface area (TPSA) is 66.4 Å². The van der Waals surface area contributed by atoms with Gasteiger partial charge in [0.1, 0.15) is 5.69 Å². The monoisotopic (exact) mass is 377 g/mol. The minimum atomic E-state index is -4.22. The predicted octanol–water partition coefficient (Wildman–Crippen LogP) is 3.02. The fraction of sp³-hybridized carbons (Fsp3) is 0.0769. The Labute approximate surface area is 128 Å². The molecule has 0 spiro atoms. The van der Waals surface area contributed by atoms with Crippen LogP contribution in [-0.2, 0) is 16.6 Å². The molecule has 112 valence electrons. The van der Waals surface area contributed by atoms with Gasteiger partial charge in [0.15, 0.2) is 11.6 Å². The average molecular weight is 378 g/mol. The van der Waals surface area contributed by atoms with Crippen LogP contribution in [0.3, 0.4) is 0 Å². The van der Waals surface area contributed by atoms with Crippen LogP contribution in [0.15, 0.2) is 45.8 Å². The van der Waals surface area contributed by atoms with Gasteiger partial charge in [-0.05, 0) is 23.8 Å². The van der Waals surface area contributed by atoms with Crippen molar-refractivity contribution >= 4 is 31.6 Å². The maximum Gasteiger partial charge on any atom is 0.262 e. The number of benzene rings is 2. The second kappa shape index (κ2) is 6.08. The molecule has 0 unspecified atom stereocenters. The van der Waals surface area contributed by atoms with Gasteiger partial charge in [-0.15, -0.1) is 0 Å². The quantitative estimate of drug-likeness (QED) is 0.860. The molecule has 4 nitrogen and oxygen atoms in total. The Morgan fingerprint density at radius 3 is 2.29 bits per heavy atom. The minimum Gasteiger partial charge on any atom is -0.392 e. The molecule has 0 atom stereocenters. The lowest BCUT2D eigenvalue weighted by molar-refractivity contribution is 0.278. The standard InChI is InChI=1S/C13H10BrF2NO3S/c14-9-5-10(15)13(11(16)6-9)17-21(19,20)12-4-2-1-3-8(12)7-18/h1-6,17-18H,7H2. The van der Waals surface area contributed by atoms with Crippen LogP contribution in [0.1, 0.15) is 5.56 Å². The first-order valence-corrected chi connectivity index (χ1v) is 7.99. The highest BCUT2D eigenvalue weighted by atomic mass is 79.9. The normalized spacial score (nSPS) is 11.4. The van der Waals surface area contributed by atoms with E-state index in [1.165, 1.54) is 18.2 Å². The van der Waals surface area contributed by atoms with Gasteiger partial charge in [0.05, 0.1) is 11.5 Å². The molecule has 0 fully saturated rings. The molecule has 0 aliphatic heterocycles. The Balaban J connectivity index is 2.48. The molecule has 0 saturated carbocycles. The highest BCUT2D eigenvalue weighted by Crippen LogP contribution is 2.27. The molecule has 0 amide bonds. The van der Waals surface area contributed by atoms with Gasteiger partial charge >= 0.3 is 0 Å². The molecule has 0 aliphatic rings. The number of hydrogen-bond donors (Lipinski definition) is 2. The second-order valence-electron chi connectivity index (χ2n) is 4.12. The Morgan fingerprint density at radius 1 is 1.14 bits per heavy atom. The molecule has 0 bridgehead atoms. The van der Waals surface area contributed by atoms with E-state index in [1.807, 2.05) is 4.72 Å². The van der Waals surface area contributed by atoms with Crippen LogP contribution in [0, 0.1) is 11.6 Å². The average Bonchev–Trinajstić information content (AvgIpc) is 2.43. The van der Waals surface area contributed by atoms with Gasteiger partial charge in [0.2, 0.25) is 0 Å². The van der Waals surface area contributed by atoms with E-state index in [-0.39, 0.29) is 14.9 Å². The number of aliphatic hydroxyl groups is 1. The van der Waals surface area contributed by atoms with E-state index in [9.17, 15) is 17.2 Å². The molecule has 2 rings (SSSR count). The zero-order valence-electron chi connectivity index (χ0n) is 10.5. The van der Waals surface area contributed by atoms with Crippen molar-refractivity contribution in [1.29, 1.82) is 0 Å². The summed E-state index contributed by atoms with van der Waals surface area (Å²) in [5.74, 6) is -2.10. The maximum atomic E-state index is 13.7. The number of aliphatic hydroxyl groups excluding tert-OH is 1. The van der Waals surface area contributed by atoms with Crippen molar-refractivity contribution in [3.05, 3.63) is 58.1 Å². The molecule has 0 radical (unpaired) electrons. The van der Waals surface area contributed by atoms with Gasteiger partial charge in [-0.2, -0.15) is 0 Å². The van der Waals surface area contributed by atoms with Crippen molar-refractivity contribution in [2.45, 2.75) is 11.5 Å². The van der Waals surface area contributed by atoms with Gasteiger partial charge in [0.25, 0.3) is 10.0 Å². The fourth-order valence-electron chi connectivity index (χ4n) is 1.73. The molecular formula is C13H10BrF2NO3S.